The van der Waals surface area contributed by atoms with Crippen LogP contribution in [0.4, 0.5) is 0 Å². The van der Waals surface area contributed by atoms with Crippen molar-refractivity contribution < 1.29 is 19.4 Å². The first kappa shape index (κ1) is 25.5. The lowest BCUT2D eigenvalue weighted by atomic mass is 9.33. The molecule has 0 bridgehead atoms. The van der Waals surface area contributed by atoms with Crippen molar-refractivity contribution in [3.05, 3.63) is 11.1 Å². The molecule has 0 amide bonds. The summed E-state index contributed by atoms with van der Waals surface area (Å²) in [5.74, 6) is 1.52. The summed E-state index contributed by atoms with van der Waals surface area (Å²) >= 11 is 0. The third-order valence-corrected chi connectivity index (χ3v) is 13.0. The zero-order chi connectivity index (χ0) is 25.8. The van der Waals surface area contributed by atoms with Gasteiger partial charge in [0.05, 0.1) is 18.6 Å². The molecule has 0 aromatic carbocycles. The van der Waals surface area contributed by atoms with Gasteiger partial charge in [-0.05, 0) is 108 Å². The quantitative estimate of drug-likeness (QED) is 0.454. The Morgan fingerprint density at radius 2 is 1.60 bits per heavy atom. The average Bonchev–Trinajstić information content (AvgIpc) is 3.10. The van der Waals surface area contributed by atoms with Gasteiger partial charge < -0.3 is 9.84 Å². The first-order valence-electron chi connectivity index (χ1n) is 14.2. The van der Waals surface area contributed by atoms with Crippen molar-refractivity contribution in [2.24, 2.45) is 50.7 Å². The molecule has 0 spiro atoms. The minimum absolute atomic E-state index is 0.0517. The van der Waals surface area contributed by atoms with E-state index in [0.29, 0.717) is 18.3 Å². The smallest absolute Gasteiger partial charge is 0.316 e. The standard InChI is InChI=1S/C31H48O4/c1-18(2)24-20(32)17-31(26(34)35-8)16-15-29(6)19(25(24)31)9-10-22-28(5)13-12-23(33)27(3,4)21(28)11-14-30(22,29)7/h18-19,21-23,33H,9-17H2,1-8H3/t19?,21?,22?,23-,28?,29+,30+,31+/m0/s1. The average molecular weight is 485 g/mol. The van der Waals surface area contributed by atoms with Crippen LogP contribution in [0.25, 0.3) is 0 Å². The van der Waals surface area contributed by atoms with E-state index >= 15 is 0 Å². The number of aliphatic hydroxyl groups is 1. The first-order chi connectivity index (χ1) is 16.2. The van der Waals surface area contributed by atoms with Crippen LogP contribution in [0.1, 0.15) is 106 Å². The number of hydrogen-bond donors (Lipinski definition) is 1. The Kier molecular flexibility index (Phi) is 5.59. The Labute approximate surface area is 212 Å². The van der Waals surface area contributed by atoms with Gasteiger partial charge in [0.1, 0.15) is 0 Å². The summed E-state index contributed by atoms with van der Waals surface area (Å²) in [7, 11) is 1.49. The van der Waals surface area contributed by atoms with Crippen molar-refractivity contribution in [2.75, 3.05) is 7.11 Å². The van der Waals surface area contributed by atoms with E-state index in [0.717, 1.165) is 50.5 Å². The van der Waals surface area contributed by atoms with E-state index in [2.05, 4.69) is 48.5 Å². The largest absolute Gasteiger partial charge is 0.468 e. The number of esters is 1. The molecule has 35 heavy (non-hydrogen) atoms. The number of hydrogen-bond acceptors (Lipinski definition) is 4. The molecular formula is C31H48O4. The van der Waals surface area contributed by atoms with Crippen molar-refractivity contribution in [1.29, 1.82) is 0 Å². The summed E-state index contributed by atoms with van der Waals surface area (Å²) in [6, 6.07) is 0. The van der Waals surface area contributed by atoms with Crippen molar-refractivity contribution in [2.45, 2.75) is 112 Å². The lowest BCUT2D eigenvalue weighted by Gasteiger charge is -2.72. The zero-order valence-corrected chi connectivity index (χ0v) is 23.4. The van der Waals surface area contributed by atoms with Crippen molar-refractivity contribution in [3.8, 4) is 0 Å². The maximum absolute atomic E-state index is 13.4. The molecular weight excluding hydrogens is 436 g/mol. The molecule has 4 heteroatoms. The molecule has 5 aliphatic carbocycles. The van der Waals surface area contributed by atoms with Crippen molar-refractivity contribution in [1.82, 2.24) is 0 Å². The minimum Gasteiger partial charge on any atom is -0.468 e. The fourth-order valence-electron chi connectivity index (χ4n) is 11.0. The highest BCUT2D eigenvalue weighted by atomic mass is 16.5. The van der Waals surface area contributed by atoms with E-state index in [1.165, 1.54) is 19.1 Å². The summed E-state index contributed by atoms with van der Waals surface area (Å²) in [4.78, 5) is 26.7. The van der Waals surface area contributed by atoms with E-state index in [9.17, 15) is 14.7 Å². The summed E-state index contributed by atoms with van der Waals surface area (Å²) in [6.07, 6.45) is 8.35. The van der Waals surface area contributed by atoms with Gasteiger partial charge in [-0.25, -0.2) is 0 Å². The van der Waals surface area contributed by atoms with Gasteiger partial charge in [0.2, 0.25) is 0 Å². The molecule has 4 saturated carbocycles. The highest BCUT2D eigenvalue weighted by molar-refractivity contribution is 6.05. The SMILES string of the molecule is COC(=O)[C@@]12CC[C@]3(C)C(CCC4C5(C)CC[C@H](O)C(C)(C)C5CC[C@]43C)C1=C(C(C)C)C(=O)C2. The predicted octanol–water partition coefficient (Wildman–Crippen LogP) is 6.50. The highest BCUT2D eigenvalue weighted by Gasteiger charge is 2.71. The number of aliphatic hydroxyl groups excluding tert-OH is 1. The third kappa shape index (κ3) is 2.95. The zero-order valence-electron chi connectivity index (χ0n) is 23.4. The van der Waals surface area contributed by atoms with Crippen LogP contribution in [-0.2, 0) is 14.3 Å². The van der Waals surface area contributed by atoms with Crippen LogP contribution < -0.4 is 0 Å². The van der Waals surface area contributed by atoms with Gasteiger partial charge in [0.15, 0.2) is 5.78 Å². The van der Waals surface area contributed by atoms with Crippen LogP contribution in [0.2, 0.25) is 0 Å². The highest BCUT2D eigenvalue weighted by Crippen LogP contribution is 2.76. The van der Waals surface area contributed by atoms with Gasteiger partial charge in [-0.2, -0.15) is 0 Å². The van der Waals surface area contributed by atoms with Gasteiger partial charge in [-0.1, -0.05) is 48.5 Å². The number of carbonyl (C=O) groups excluding carboxylic acids is 2. The Hall–Kier alpha value is -1.16. The summed E-state index contributed by atoms with van der Waals surface area (Å²) < 4.78 is 5.39. The normalized spacial score (nSPS) is 48.7. The Balaban J connectivity index is 1.62. The molecule has 4 fully saturated rings. The maximum atomic E-state index is 13.4. The second kappa shape index (κ2) is 7.68. The molecule has 1 N–H and O–H groups in total. The van der Waals surface area contributed by atoms with Crippen molar-refractivity contribution in [3.63, 3.8) is 0 Å². The number of carbonyl (C=O) groups is 2. The molecule has 196 valence electrons. The van der Waals surface area contributed by atoms with Crippen LogP contribution in [0, 0.1) is 50.7 Å². The monoisotopic (exact) mass is 484 g/mol. The number of ether oxygens (including phenoxy) is 1. The second-order valence-electron chi connectivity index (χ2n) is 14.6. The molecule has 4 unspecified atom stereocenters. The number of allylic oxidation sites excluding steroid dienone is 1. The van der Waals surface area contributed by atoms with Gasteiger partial charge >= 0.3 is 5.97 Å². The van der Waals surface area contributed by atoms with E-state index in [4.69, 9.17) is 4.74 Å². The fourth-order valence-corrected chi connectivity index (χ4v) is 11.0. The molecule has 0 heterocycles. The summed E-state index contributed by atoms with van der Waals surface area (Å²) in [6.45, 7) is 16.4. The molecule has 5 rings (SSSR count). The van der Waals surface area contributed by atoms with Gasteiger partial charge in [-0.3, -0.25) is 9.59 Å². The number of fused-ring (bicyclic) bond motifs is 7. The molecule has 0 saturated heterocycles. The van der Waals surface area contributed by atoms with E-state index in [1.54, 1.807) is 0 Å². The molecule has 0 radical (unpaired) electrons. The molecule has 0 aromatic rings. The summed E-state index contributed by atoms with van der Waals surface area (Å²) in [5, 5.41) is 10.9. The van der Waals surface area contributed by atoms with Crippen LogP contribution >= 0.6 is 0 Å². The number of rotatable bonds is 2. The van der Waals surface area contributed by atoms with Crippen LogP contribution in [0.5, 0.6) is 0 Å². The summed E-state index contributed by atoms with van der Waals surface area (Å²) in [5.41, 5.74) is 1.76. The molecule has 5 aliphatic rings. The van der Waals surface area contributed by atoms with Gasteiger partial charge in [0.25, 0.3) is 0 Å². The maximum Gasteiger partial charge on any atom is 0.316 e. The molecule has 0 aliphatic heterocycles. The second-order valence-corrected chi connectivity index (χ2v) is 14.6. The Morgan fingerprint density at radius 3 is 2.23 bits per heavy atom. The van der Waals surface area contributed by atoms with Crippen molar-refractivity contribution >= 4 is 11.8 Å². The molecule has 4 nitrogen and oxygen atoms in total. The van der Waals surface area contributed by atoms with E-state index in [-0.39, 0.29) is 51.4 Å². The van der Waals surface area contributed by atoms with Crippen LogP contribution in [0.3, 0.4) is 0 Å². The first-order valence-corrected chi connectivity index (χ1v) is 14.2. The van der Waals surface area contributed by atoms with E-state index in [1.807, 2.05) is 0 Å². The van der Waals surface area contributed by atoms with Crippen LogP contribution in [0.15, 0.2) is 11.1 Å². The third-order valence-electron chi connectivity index (χ3n) is 13.0. The molecule has 0 aromatic heterocycles. The number of Topliss-reactive ketones (excluding diaryl/α,β-unsaturated/α-hetero) is 1. The Bertz CT molecular complexity index is 976. The Morgan fingerprint density at radius 1 is 0.914 bits per heavy atom. The number of ketones is 1. The molecule has 8 atom stereocenters. The van der Waals surface area contributed by atoms with Gasteiger partial charge in [-0.15, -0.1) is 0 Å². The number of methoxy groups -OCH3 is 1. The lowest BCUT2D eigenvalue weighted by molar-refractivity contribution is -0.229. The fraction of sp³-hybridized carbons (Fsp3) is 0.871. The van der Waals surface area contributed by atoms with Crippen LogP contribution in [-0.4, -0.2) is 30.1 Å². The lowest BCUT2D eigenvalue weighted by Crippen LogP contribution is -2.65. The van der Waals surface area contributed by atoms with Gasteiger partial charge in [0, 0.05) is 6.42 Å². The topological polar surface area (TPSA) is 63.6 Å². The minimum atomic E-state index is -0.739. The van der Waals surface area contributed by atoms with E-state index < -0.39 is 5.41 Å². The predicted molar refractivity (Wildman–Crippen MR) is 137 cm³/mol.